The van der Waals surface area contributed by atoms with Crippen LogP contribution >= 0.6 is 15.9 Å². The molecule has 0 radical (unpaired) electrons. The fourth-order valence-electron chi connectivity index (χ4n) is 2.21. The summed E-state index contributed by atoms with van der Waals surface area (Å²) in [6.45, 7) is 1.61. The molecular formula is C15H14BrNO2. The molecule has 0 aliphatic carbocycles. The number of aromatic nitrogens is 1. The van der Waals surface area contributed by atoms with Crippen molar-refractivity contribution in [1.29, 1.82) is 0 Å². The molecule has 0 bridgehead atoms. The maximum absolute atomic E-state index is 11.6. The lowest BCUT2D eigenvalue weighted by Crippen LogP contribution is -2.24. The highest BCUT2D eigenvalue weighted by Crippen LogP contribution is 2.31. The van der Waals surface area contributed by atoms with Crippen molar-refractivity contribution in [1.82, 2.24) is 4.57 Å². The van der Waals surface area contributed by atoms with Crippen LogP contribution in [0.3, 0.4) is 0 Å². The van der Waals surface area contributed by atoms with Crippen molar-refractivity contribution in [3.05, 3.63) is 56.9 Å². The lowest BCUT2D eigenvalue weighted by Gasteiger charge is -2.26. The van der Waals surface area contributed by atoms with Gasteiger partial charge < -0.3 is 9.30 Å². The van der Waals surface area contributed by atoms with Gasteiger partial charge in [-0.2, -0.15) is 0 Å². The molecule has 2 aromatic rings. The fraction of sp³-hybridized carbons (Fsp3) is 0.267. The van der Waals surface area contributed by atoms with Gasteiger partial charge in [-0.05, 0) is 27.1 Å². The second kappa shape index (κ2) is 4.94. The molecule has 2 heterocycles. The zero-order valence-electron chi connectivity index (χ0n) is 10.6. The van der Waals surface area contributed by atoms with Crippen molar-refractivity contribution < 1.29 is 4.74 Å². The van der Waals surface area contributed by atoms with Gasteiger partial charge in [0.15, 0.2) is 0 Å². The lowest BCUT2D eigenvalue weighted by molar-refractivity contribution is 0.00844. The zero-order valence-corrected chi connectivity index (χ0v) is 12.2. The number of ether oxygens (including phenoxy) is 1. The number of aryl methyl sites for hydroxylation is 1. The van der Waals surface area contributed by atoms with Crippen LogP contribution in [0.5, 0.6) is 0 Å². The van der Waals surface area contributed by atoms with Gasteiger partial charge in [0, 0.05) is 35.3 Å². The van der Waals surface area contributed by atoms with Crippen LogP contribution in [0, 0.1) is 0 Å². The topological polar surface area (TPSA) is 31.2 Å². The predicted molar refractivity (Wildman–Crippen MR) is 78.4 cm³/mol. The van der Waals surface area contributed by atoms with E-state index < -0.39 is 0 Å². The first-order valence-corrected chi connectivity index (χ1v) is 6.99. The number of hydrogen-bond donors (Lipinski definition) is 0. The molecule has 4 heteroatoms. The van der Waals surface area contributed by atoms with Crippen LogP contribution in [0.1, 0.15) is 11.5 Å². The summed E-state index contributed by atoms with van der Waals surface area (Å²) >= 11 is 3.47. The highest BCUT2D eigenvalue weighted by atomic mass is 79.9. The normalized spacial score (nSPS) is 15.3. The molecule has 1 saturated heterocycles. The molecule has 0 saturated carbocycles. The molecule has 3 rings (SSSR count). The summed E-state index contributed by atoms with van der Waals surface area (Å²) in [5, 5.41) is 0. The Kier molecular flexibility index (Phi) is 3.29. The molecule has 1 fully saturated rings. The van der Waals surface area contributed by atoms with Gasteiger partial charge in [0.2, 0.25) is 0 Å². The molecule has 19 heavy (non-hydrogen) atoms. The minimum absolute atomic E-state index is 0.0147. The Labute approximate surface area is 120 Å². The molecule has 0 unspecified atom stereocenters. The number of hydrogen-bond acceptors (Lipinski definition) is 2. The van der Waals surface area contributed by atoms with E-state index in [1.165, 1.54) is 5.56 Å². The maximum Gasteiger partial charge on any atom is 0.251 e. The Balaban J connectivity index is 2.06. The summed E-state index contributed by atoms with van der Waals surface area (Å²) in [5.41, 5.74) is 3.43. The summed E-state index contributed by atoms with van der Waals surface area (Å²) in [4.78, 5) is 11.6. The molecule has 0 spiro atoms. The first-order chi connectivity index (χ1) is 9.15. The fourth-order valence-corrected chi connectivity index (χ4v) is 2.73. The zero-order chi connectivity index (χ0) is 13.4. The SMILES string of the molecule is Cn1cc(-c2cccc(C3COC3)c2)c(Br)cc1=O. The Bertz CT molecular complexity index is 674. The first-order valence-electron chi connectivity index (χ1n) is 6.19. The average Bonchev–Trinajstić information content (AvgIpc) is 2.32. The Hall–Kier alpha value is -1.39. The van der Waals surface area contributed by atoms with E-state index in [1.54, 1.807) is 17.7 Å². The summed E-state index contributed by atoms with van der Waals surface area (Å²) in [5.74, 6) is 0.506. The van der Waals surface area contributed by atoms with Gasteiger partial charge in [-0.1, -0.05) is 24.3 Å². The Morgan fingerprint density at radius 2 is 2.11 bits per heavy atom. The molecular weight excluding hydrogens is 306 g/mol. The smallest absolute Gasteiger partial charge is 0.251 e. The van der Waals surface area contributed by atoms with Crippen LogP contribution < -0.4 is 5.56 Å². The first kappa shape index (κ1) is 12.6. The lowest BCUT2D eigenvalue weighted by atomic mass is 9.94. The number of nitrogens with zero attached hydrogens (tertiary/aromatic N) is 1. The van der Waals surface area contributed by atoms with Crippen LogP contribution in [0.4, 0.5) is 0 Å². The quantitative estimate of drug-likeness (QED) is 0.852. The largest absolute Gasteiger partial charge is 0.380 e. The molecule has 98 valence electrons. The minimum atomic E-state index is -0.0147. The van der Waals surface area contributed by atoms with E-state index in [2.05, 4.69) is 40.2 Å². The van der Waals surface area contributed by atoms with Gasteiger partial charge in [-0.3, -0.25) is 4.79 Å². The summed E-state index contributed by atoms with van der Waals surface area (Å²) in [6, 6.07) is 10.0. The van der Waals surface area contributed by atoms with Crippen LogP contribution in [0.15, 0.2) is 45.8 Å². The van der Waals surface area contributed by atoms with E-state index in [4.69, 9.17) is 4.74 Å². The molecule has 3 nitrogen and oxygen atoms in total. The minimum Gasteiger partial charge on any atom is -0.380 e. The number of benzene rings is 1. The van der Waals surface area contributed by atoms with Crippen molar-refractivity contribution in [3.8, 4) is 11.1 Å². The second-order valence-electron chi connectivity index (χ2n) is 4.84. The van der Waals surface area contributed by atoms with E-state index in [0.29, 0.717) is 5.92 Å². The number of pyridine rings is 1. The van der Waals surface area contributed by atoms with E-state index in [9.17, 15) is 4.79 Å². The average molecular weight is 320 g/mol. The van der Waals surface area contributed by atoms with E-state index in [0.717, 1.165) is 28.8 Å². The highest BCUT2D eigenvalue weighted by Gasteiger charge is 2.20. The molecule has 0 amide bonds. The number of rotatable bonds is 2. The molecule has 0 atom stereocenters. The van der Waals surface area contributed by atoms with Gasteiger partial charge in [-0.15, -0.1) is 0 Å². The monoisotopic (exact) mass is 319 g/mol. The predicted octanol–water partition coefficient (Wildman–Crippen LogP) is 2.93. The third-order valence-electron chi connectivity index (χ3n) is 3.48. The molecule has 1 aromatic carbocycles. The molecule has 1 aromatic heterocycles. The van der Waals surface area contributed by atoms with Crippen molar-refractivity contribution in [2.75, 3.05) is 13.2 Å². The third-order valence-corrected chi connectivity index (χ3v) is 4.14. The summed E-state index contributed by atoms with van der Waals surface area (Å²) in [6.07, 6.45) is 1.86. The van der Waals surface area contributed by atoms with Gasteiger partial charge >= 0.3 is 0 Å². The summed E-state index contributed by atoms with van der Waals surface area (Å²) in [7, 11) is 1.77. The van der Waals surface area contributed by atoms with Crippen LogP contribution in [0.2, 0.25) is 0 Å². The second-order valence-corrected chi connectivity index (χ2v) is 5.70. The van der Waals surface area contributed by atoms with E-state index >= 15 is 0 Å². The highest BCUT2D eigenvalue weighted by molar-refractivity contribution is 9.10. The maximum atomic E-state index is 11.6. The van der Waals surface area contributed by atoms with E-state index in [-0.39, 0.29) is 5.56 Å². The third kappa shape index (κ3) is 2.38. The van der Waals surface area contributed by atoms with E-state index in [1.807, 2.05) is 6.20 Å². The molecule has 1 aliphatic heterocycles. The van der Waals surface area contributed by atoms with Crippen molar-refractivity contribution in [3.63, 3.8) is 0 Å². The van der Waals surface area contributed by atoms with Gasteiger partial charge in [0.05, 0.1) is 13.2 Å². The van der Waals surface area contributed by atoms with Crippen molar-refractivity contribution in [2.24, 2.45) is 7.05 Å². The van der Waals surface area contributed by atoms with Gasteiger partial charge in [0.25, 0.3) is 5.56 Å². The van der Waals surface area contributed by atoms with Gasteiger partial charge in [-0.25, -0.2) is 0 Å². The molecule has 0 N–H and O–H groups in total. The van der Waals surface area contributed by atoms with Crippen molar-refractivity contribution >= 4 is 15.9 Å². The van der Waals surface area contributed by atoms with Crippen LogP contribution in [-0.4, -0.2) is 17.8 Å². The molecule has 1 aliphatic rings. The van der Waals surface area contributed by atoms with Crippen LogP contribution in [0.25, 0.3) is 11.1 Å². The standard InChI is InChI=1S/C15H14BrNO2/c1-17-7-13(14(16)6-15(17)18)11-4-2-3-10(5-11)12-8-19-9-12/h2-7,12H,8-9H2,1H3. The van der Waals surface area contributed by atoms with Crippen LogP contribution in [-0.2, 0) is 11.8 Å². The Morgan fingerprint density at radius 3 is 2.79 bits per heavy atom. The van der Waals surface area contributed by atoms with Crippen molar-refractivity contribution in [2.45, 2.75) is 5.92 Å². The number of halogens is 1. The summed E-state index contributed by atoms with van der Waals surface area (Å²) < 4.78 is 7.67. The van der Waals surface area contributed by atoms with Gasteiger partial charge in [0.1, 0.15) is 0 Å². The Morgan fingerprint density at radius 1 is 1.32 bits per heavy atom.